The van der Waals surface area contributed by atoms with E-state index in [1.54, 1.807) is 12.4 Å². The van der Waals surface area contributed by atoms with Gasteiger partial charge in [0.2, 0.25) is 0 Å². The second kappa shape index (κ2) is 7.26. The maximum atomic E-state index is 13.5. The van der Waals surface area contributed by atoms with Gasteiger partial charge in [-0.25, -0.2) is 8.78 Å². The number of amides is 2. The number of carbonyl (C=O) groups excluding carboxylic acids is 2. The molecule has 1 aromatic carbocycles. The van der Waals surface area contributed by atoms with E-state index >= 15 is 0 Å². The van der Waals surface area contributed by atoms with E-state index in [1.807, 2.05) is 12.1 Å². The molecule has 1 atom stereocenters. The molecule has 1 unspecified atom stereocenters. The third-order valence-electron chi connectivity index (χ3n) is 4.71. The fourth-order valence-corrected chi connectivity index (χ4v) is 3.30. The number of hydrogen-bond acceptors (Lipinski definition) is 4. The molecule has 4 rings (SSSR count). The molecular formula is C19H17F2N5O2. The fraction of sp³-hybridized carbons (Fsp3) is 0.211. The number of anilines is 2. The normalized spacial score (nSPS) is 16.4. The van der Waals surface area contributed by atoms with Gasteiger partial charge in [-0.05, 0) is 24.6 Å². The van der Waals surface area contributed by atoms with Crippen LogP contribution < -0.4 is 15.5 Å². The zero-order valence-corrected chi connectivity index (χ0v) is 14.7. The zero-order valence-electron chi connectivity index (χ0n) is 14.7. The summed E-state index contributed by atoms with van der Waals surface area (Å²) in [4.78, 5) is 33.3. The molecule has 0 radical (unpaired) electrons. The molecule has 0 saturated carbocycles. The molecule has 0 bridgehead atoms. The lowest BCUT2D eigenvalue weighted by Crippen LogP contribution is -2.43. The highest BCUT2D eigenvalue weighted by Crippen LogP contribution is 2.25. The van der Waals surface area contributed by atoms with Gasteiger partial charge in [0.25, 0.3) is 0 Å². The minimum absolute atomic E-state index is 0.173. The van der Waals surface area contributed by atoms with E-state index in [4.69, 9.17) is 0 Å². The quantitative estimate of drug-likeness (QED) is 0.603. The van der Waals surface area contributed by atoms with Gasteiger partial charge >= 0.3 is 11.8 Å². The summed E-state index contributed by atoms with van der Waals surface area (Å²) in [5, 5.41) is 5.42. The van der Waals surface area contributed by atoms with Gasteiger partial charge < -0.3 is 20.5 Å². The van der Waals surface area contributed by atoms with E-state index in [0.717, 1.165) is 24.4 Å². The minimum atomic E-state index is -1.03. The maximum absolute atomic E-state index is 13.5. The highest BCUT2D eigenvalue weighted by Gasteiger charge is 2.26. The number of halogens is 2. The average Bonchev–Trinajstić information content (AvgIpc) is 3.30. The van der Waals surface area contributed by atoms with Crippen LogP contribution in [0.15, 0.2) is 42.9 Å². The van der Waals surface area contributed by atoms with Crippen LogP contribution in [0, 0.1) is 11.6 Å². The van der Waals surface area contributed by atoms with Crippen molar-refractivity contribution < 1.29 is 18.4 Å². The van der Waals surface area contributed by atoms with Crippen molar-refractivity contribution in [3.05, 3.63) is 54.5 Å². The van der Waals surface area contributed by atoms with E-state index in [-0.39, 0.29) is 17.1 Å². The number of H-pyrrole nitrogens is 1. The third kappa shape index (κ3) is 3.51. The number of fused-ring (bicyclic) bond motifs is 1. The van der Waals surface area contributed by atoms with Crippen LogP contribution in [0.1, 0.15) is 6.42 Å². The number of rotatable bonds is 3. The van der Waals surface area contributed by atoms with Gasteiger partial charge in [0, 0.05) is 43.0 Å². The van der Waals surface area contributed by atoms with Crippen LogP contribution in [0.3, 0.4) is 0 Å². The first kappa shape index (κ1) is 17.9. The van der Waals surface area contributed by atoms with Gasteiger partial charge in [-0.3, -0.25) is 14.6 Å². The monoisotopic (exact) mass is 385 g/mol. The lowest BCUT2D eigenvalue weighted by molar-refractivity contribution is -0.136. The number of aromatic amines is 1. The highest BCUT2D eigenvalue weighted by molar-refractivity contribution is 6.40. The number of hydrogen-bond donors (Lipinski definition) is 3. The maximum Gasteiger partial charge on any atom is 0.313 e. The molecular weight excluding hydrogens is 368 g/mol. The van der Waals surface area contributed by atoms with E-state index in [9.17, 15) is 18.4 Å². The smallest absolute Gasteiger partial charge is 0.313 e. The lowest BCUT2D eigenvalue weighted by atomic mass is 10.2. The van der Waals surface area contributed by atoms with Crippen LogP contribution in [0.4, 0.5) is 20.2 Å². The fourth-order valence-electron chi connectivity index (χ4n) is 3.30. The van der Waals surface area contributed by atoms with Crippen molar-refractivity contribution in [2.24, 2.45) is 0 Å². The Hall–Kier alpha value is -3.49. The molecule has 3 aromatic rings. The first-order valence-electron chi connectivity index (χ1n) is 8.74. The molecule has 0 aliphatic carbocycles. The van der Waals surface area contributed by atoms with Crippen LogP contribution in [-0.2, 0) is 9.59 Å². The summed E-state index contributed by atoms with van der Waals surface area (Å²) in [5.41, 5.74) is 1.48. The van der Waals surface area contributed by atoms with E-state index in [0.29, 0.717) is 18.5 Å². The van der Waals surface area contributed by atoms with Crippen molar-refractivity contribution >= 4 is 34.1 Å². The Morgan fingerprint density at radius 1 is 1.21 bits per heavy atom. The van der Waals surface area contributed by atoms with Crippen molar-refractivity contribution in [1.29, 1.82) is 0 Å². The Morgan fingerprint density at radius 3 is 2.82 bits per heavy atom. The first-order valence-corrected chi connectivity index (χ1v) is 8.74. The van der Waals surface area contributed by atoms with E-state index in [2.05, 4.69) is 25.5 Å². The van der Waals surface area contributed by atoms with E-state index in [1.165, 1.54) is 6.20 Å². The number of aromatic nitrogens is 2. The van der Waals surface area contributed by atoms with Crippen molar-refractivity contribution in [3.8, 4) is 0 Å². The van der Waals surface area contributed by atoms with Crippen molar-refractivity contribution in [3.63, 3.8) is 0 Å². The summed E-state index contributed by atoms with van der Waals surface area (Å²) >= 11 is 0. The zero-order chi connectivity index (χ0) is 19.7. The third-order valence-corrected chi connectivity index (χ3v) is 4.71. The van der Waals surface area contributed by atoms with Crippen LogP contribution in [0.25, 0.3) is 10.9 Å². The van der Waals surface area contributed by atoms with Crippen molar-refractivity contribution in [2.45, 2.75) is 12.5 Å². The largest absolute Gasteiger partial charge is 0.368 e. The molecule has 1 fully saturated rings. The second-order valence-corrected chi connectivity index (χ2v) is 6.58. The standard InChI is InChI=1S/C19H17F2N5O2/c20-14-6-13-16(7-15(14)21)23-9-17(13)25-19(28)18(27)24-11-3-5-26(10-11)12-2-1-4-22-8-12/h1-2,4,6-9,11,23H,3,5,10H2,(H,24,27)(H,25,28). The number of benzene rings is 1. The molecule has 28 heavy (non-hydrogen) atoms. The molecule has 7 nitrogen and oxygen atoms in total. The molecule has 1 aliphatic heterocycles. The summed E-state index contributed by atoms with van der Waals surface area (Å²) in [6, 6.07) is 5.56. The van der Waals surface area contributed by atoms with Crippen LogP contribution in [0.5, 0.6) is 0 Å². The van der Waals surface area contributed by atoms with Crippen LogP contribution >= 0.6 is 0 Å². The second-order valence-electron chi connectivity index (χ2n) is 6.58. The average molecular weight is 385 g/mol. The molecule has 2 amide bonds. The van der Waals surface area contributed by atoms with Gasteiger partial charge in [-0.2, -0.15) is 0 Å². The molecule has 0 spiro atoms. The van der Waals surface area contributed by atoms with Gasteiger partial charge in [0.1, 0.15) is 0 Å². The Labute approximate surface area is 158 Å². The predicted molar refractivity (Wildman–Crippen MR) is 99.8 cm³/mol. The SMILES string of the molecule is O=C(Nc1c[nH]c2cc(F)c(F)cc12)C(=O)NC1CCN(c2cccnc2)C1. The lowest BCUT2D eigenvalue weighted by Gasteiger charge is -2.18. The van der Waals surface area contributed by atoms with Gasteiger partial charge in [0.15, 0.2) is 11.6 Å². The number of carbonyl (C=O) groups is 2. The Morgan fingerprint density at radius 2 is 2.04 bits per heavy atom. The van der Waals surface area contributed by atoms with Crippen molar-refractivity contribution in [1.82, 2.24) is 15.3 Å². The molecule has 1 saturated heterocycles. The van der Waals surface area contributed by atoms with E-state index < -0.39 is 23.4 Å². The van der Waals surface area contributed by atoms with Gasteiger partial charge in [-0.15, -0.1) is 0 Å². The number of nitrogens with zero attached hydrogens (tertiary/aromatic N) is 2. The molecule has 1 aliphatic rings. The predicted octanol–water partition coefficient (Wildman–Crippen LogP) is 2.17. The Balaban J connectivity index is 1.38. The van der Waals surface area contributed by atoms with Crippen molar-refractivity contribution in [2.75, 3.05) is 23.3 Å². The van der Waals surface area contributed by atoms with Gasteiger partial charge in [-0.1, -0.05) is 0 Å². The Bertz CT molecular complexity index is 1040. The summed E-state index contributed by atoms with van der Waals surface area (Å²) < 4.78 is 26.7. The molecule has 2 aromatic heterocycles. The molecule has 3 N–H and O–H groups in total. The summed E-state index contributed by atoms with van der Waals surface area (Å²) in [7, 11) is 0. The molecule has 9 heteroatoms. The minimum Gasteiger partial charge on any atom is -0.368 e. The summed E-state index contributed by atoms with van der Waals surface area (Å²) in [5.74, 6) is -3.68. The molecule has 144 valence electrons. The number of pyridine rings is 1. The number of nitrogens with one attached hydrogen (secondary N) is 3. The first-order chi connectivity index (χ1) is 13.5. The Kier molecular flexibility index (Phi) is 4.64. The van der Waals surface area contributed by atoms with Gasteiger partial charge in [0.05, 0.1) is 23.1 Å². The summed E-state index contributed by atoms with van der Waals surface area (Å²) in [6.07, 6.45) is 5.52. The van der Waals surface area contributed by atoms with Crippen LogP contribution in [-0.4, -0.2) is 40.9 Å². The summed E-state index contributed by atoms with van der Waals surface area (Å²) in [6.45, 7) is 1.31. The van der Waals surface area contributed by atoms with Crippen LogP contribution in [0.2, 0.25) is 0 Å². The highest BCUT2D eigenvalue weighted by atomic mass is 19.2. The topological polar surface area (TPSA) is 90.1 Å². The molecule has 3 heterocycles.